The van der Waals surface area contributed by atoms with Gasteiger partial charge in [0.05, 0.1) is 17.3 Å². The van der Waals surface area contributed by atoms with E-state index in [1.807, 2.05) is 49.6 Å². The maximum atomic E-state index is 6.06. The molecule has 0 amide bonds. The van der Waals surface area contributed by atoms with Gasteiger partial charge in [0.25, 0.3) is 0 Å². The summed E-state index contributed by atoms with van der Waals surface area (Å²) in [4.78, 5) is 9.14. The van der Waals surface area contributed by atoms with Crippen molar-refractivity contribution in [2.24, 2.45) is 0 Å². The molecule has 6 nitrogen and oxygen atoms in total. The third kappa shape index (κ3) is 5.07. The van der Waals surface area contributed by atoms with Gasteiger partial charge >= 0.3 is 0 Å². The molecule has 1 aromatic carbocycles. The third-order valence-corrected chi connectivity index (χ3v) is 5.35. The molecule has 3 aromatic rings. The number of nitrogens with zero attached hydrogens (tertiary/aromatic N) is 2. The zero-order chi connectivity index (χ0) is 20.8. The number of rotatable bonds is 8. The number of ether oxygens (including phenoxy) is 3. The smallest absolute Gasteiger partial charge is 0.158 e. The highest BCUT2D eigenvalue weighted by atomic mass is 16.7. The van der Waals surface area contributed by atoms with Crippen LogP contribution in [0.25, 0.3) is 22.2 Å². The van der Waals surface area contributed by atoms with Gasteiger partial charge in [0.2, 0.25) is 0 Å². The van der Waals surface area contributed by atoms with Crippen molar-refractivity contribution in [1.29, 1.82) is 0 Å². The maximum Gasteiger partial charge on any atom is 0.158 e. The SMILES string of the molecule is CCC(COc1ccc2nc(-c3ccc(NC)nc3)ccc2c1)OC1CCCCO1. The van der Waals surface area contributed by atoms with Gasteiger partial charge in [0.15, 0.2) is 6.29 Å². The van der Waals surface area contributed by atoms with Crippen LogP contribution >= 0.6 is 0 Å². The average Bonchev–Trinajstić information content (AvgIpc) is 2.82. The molecular formula is C24H29N3O3. The van der Waals surface area contributed by atoms with Crippen LogP contribution in [-0.4, -0.2) is 42.6 Å². The summed E-state index contributed by atoms with van der Waals surface area (Å²) in [6, 6.07) is 14.0. The van der Waals surface area contributed by atoms with Gasteiger partial charge in [-0.1, -0.05) is 13.0 Å². The standard InChI is InChI=1S/C24H29N3O3/c1-3-19(30-24-6-4-5-13-28-24)16-29-20-9-11-21-17(14-20)7-10-22(27-21)18-8-12-23(25-2)26-15-18/h7-12,14-15,19,24H,3-6,13,16H2,1-2H3,(H,25,26). The molecule has 0 saturated carbocycles. The van der Waals surface area contributed by atoms with E-state index in [1.165, 1.54) is 0 Å². The fourth-order valence-electron chi connectivity index (χ4n) is 3.52. The molecule has 3 heterocycles. The van der Waals surface area contributed by atoms with Gasteiger partial charge in [-0.3, -0.25) is 0 Å². The number of nitrogens with one attached hydrogen (secondary N) is 1. The van der Waals surface area contributed by atoms with E-state index in [0.29, 0.717) is 6.61 Å². The van der Waals surface area contributed by atoms with E-state index >= 15 is 0 Å². The van der Waals surface area contributed by atoms with Gasteiger partial charge in [0, 0.05) is 30.8 Å². The topological polar surface area (TPSA) is 65.5 Å². The number of aromatic nitrogens is 2. The van der Waals surface area contributed by atoms with E-state index in [1.54, 1.807) is 0 Å². The van der Waals surface area contributed by atoms with Crippen LogP contribution in [0, 0.1) is 0 Å². The predicted octanol–water partition coefficient (Wildman–Crippen LogP) is 5.04. The molecule has 1 N–H and O–H groups in total. The lowest BCUT2D eigenvalue weighted by molar-refractivity contribution is -0.193. The Kier molecular flexibility index (Phi) is 6.77. The van der Waals surface area contributed by atoms with Crippen LogP contribution in [0.2, 0.25) is 0 Å². The minimum atomic E-state index is -0.0943. The lowest BCUT2D eigenvalue weighted by Gasteiger charge is -2.27. The van der Waals surface area contributed by atoms with Crippen molar-refractivity contribution in [2.45, 2.75) is 45.0 Å². The van der Waals surface area contributed by atoms with Gasteiger partial charge in [-0.05, 0) is 62.1 Å². The highest BCUT2D eigenvalue weighted by Gasteiger charge is 2.19. The van der Waals surface area contributed by atoms with E-state index in [0.717, 1.165) is 66.0 Å². The third-order valence-electron chi connectivity index (χ3n) is 5.35. The molecule has 0 bridgehead atoms. The average molecular weight is 408 g/mol. The van der Waals surface area contributed by atoms with E-state index in [9.17, 15) is 0 Å². The Morgan fingerprint density at radius 2 is 2.10 bits per heavy atom. The summed E-state index contributed by atoms with van der Waals surface area (Å²) in [6.45, 7) is 3.41. The van der Waals surface area contributed by atoms with Crippen LogP contribution in [0.15, 0.2) is 48.7 Å². The molecule has 0 aliphatic carbocycles. The Morgan fingerprint density at radius 3 is 2.83 bits per heavy atom. The molecule has 0 radical (unpaired) electrons. The second kappa shape index (κ2) is 9.87. The van der Waals surface area contributed by atoms with Crippen LogP contribution in [0.4, 0.5) is 5.82 Å². The molecule has 6 heteroatoms. The van der Waals surface area contributed by atoms with Crippen molar-refractivity contribution in [1.82, 2.24) is 9.97 Å². The van der Waals surface area contributed by atoms with Crippen molar-refractivity contribution in [3.8, 4) is 17.0 Å². The van der Waals surface area contributed by atoms with E-state index in [-0.39, 0.29) is 12.4 Å². The molecule has 2 atom stereocenters. The minimum absolute atomic E-state index is 0.0254. The van der Waals surface area contributed by atoms with E-state index in [2.05, 4.69) is 23.3 Å². The Bertz CT molecular complexity index is 956. The molecule has 1 fully saturated rings. The van der Waals surface area contributed by atoms with Crippen molar-refractivity contribution >= 4 is 16.7 Å². The Morgan fingerprint density at radius 1 is 1.17 bits per heavy atom. The summed E-state index contributed by atoms with van der Waals surface area (Å²) in [5.74, 6) is 1.66. The molecular weight excluding hydrogens is 378 g/mol. The molecule has 1 aliphatic heterocycles. The summed E-state index contributed by atoms with van der Waals surface area (Å²) in [6.07, 6.45) is 5.90. The van der Waals surface area contributed by atoms with Crippen LogP contribution in [0.3, 0.4) is 0 Å². The highest BCUT2D eigenvalue weighted by molar-refractivity contribution is 5.82. The number of hydrogen-bond donors (Lipinski definition) is 1. The van der Waals surface area contributed by atoms with E-state index in [4.69, 9.17) is 19.2 Å². The first-order valence-electron chi connectivity index (χ1n) is 10.7. The largest absolute Gasteiger partial charge is 0.491 e. The molecule has 1 aliphatic rings. The first-order valence-corrected chi connectivity index (χ1v) is 10.7. The first-order chi connectivity index (χ1) is 14.7. The number of benzene rings is 1. The Hall–Kier alpha value is -2.70. The lowest BCUT2D eigenvalue weighted by atomic mass is 10.1. The van der Waals surface area contributed by atoms with Crippen LogP contribution in [-0.2, 0) is 9.47 Å². The molecule has 4 rings (SSSR count). The quantitative estimate of drug-likeness (QED) is 0.564. The van der Waals surface area contributed by atoms with Gasteiger partial charge in [-0.25, -0.2) is 9.97 Å². The van der Waals surface area contributed by atoms with Gasteiger partial charge in [-0.15, -0.1) is 0 Å². The minimum Gasteiger partial charge on any atom is -0.491 e. The van der Waals surface area contributed by atoms with Gasteiger partial charge in [-0.2, -0.15) is 0 Å². The number of hydrogen-bond acceptors (Lipinski definition) is 6. The fraction of sp³-hybridized carbons (Fsp3) is 0.417. The van der Waals surface area contributed by atoms with Gasteiger partial charge in [0.1, 0.15) is 18.2 Å². The van der Waals surface area contributed by atoms with Crippen LogP contribution in [0.1, 0.15) is 32.6 Å². The summed E-state index contributed by atoms with van der Waals surface area (Å²) >= 11 is 0. The molecule has 2 aromatic heterocycles. The molecule has 158 valence electrons. The summed E-state index contributed by atoms with van der Waals surface area (Å²) < 4.78 is 17.8. The van der Waals surface area contributed by atoms with Crippen molar-refractivity contribution in [3.63, 3.8) is 0 Å². The summed E-state index contributed by atoms with van der Waals surface area (Å²) in [7, 11) is 1.86. The zero-order valence-electron chi connectivity index (χ0n) is 17.6. The van der Waals surface area contributed by atoms with Crippen molar-refractivity contribution in [2.75, 3.05) is 25.6 Å². The second-order valence-electron chi connectivity index (χ2n) is 7.51. The lowest BCUT2D eigenvalue weighted by Crippen LogP contribution is -2.31. The highest BCUT2D eigenvalue weighted by Crippen LogP contribution is 2.25. The molecule has 1 saturated heterocycles. The monoisotopic (exact) mass is 407 g/mol. The first kappa shape index (κ1) is 20.6. The van der Waals surface area contributed by atoms with Crippen molar-refractivity contribution in [3.05, 3.63) is 48.7 Å². The zero-order valence-corrected chi connectivity index (χ0v) is 17.6. The van der Waals surface area contributed by atoms with Crippen LogP contribution in [0.5, 0.6) is 5.75 Å². The second-order valence-corrected chi connectivity index (χ2v) is 7.51. The summed E-state index contributed by atoms with van der Waals surface area (Å²) in [5, 5.41) is 4.07. The van der Waals surface area contributed by atoms with E-state index < -0.39 is 0 Å². The normalized spacial score (nSPS) is 17.6. The summed E-state index contributed by atoms with van der Waals surface area (Å²) in [5.41, 5.74) is 2.82. The number of fused-ring (bicyclic) bond motifs is 1. The van der Waals surface area contributed by atoms with Gasteiger partial charge < -0.3 is 19.5 Å². The molecule has 0 spiro atoms. The molecule has 2 unspecified atom stereocenters. The van der Waals surface area contributed by atoms with Crippen molar-refractivity contribution < 1.29 is 14.2 Å². The maximum absolute atomic E-state index is 6.06. The van der Waals surface area contributed by atoms with Crippen LogP contribution < -0.4 is 10.1 Å². The fourth-order valence-corrected chi connectivity index (χ4v) is 3.52. The number of anilines is 1. The number of pyridine rings is 2. The predicted molar refractivity (Wildman–Crippen MR) is 119 cm³/mol. The Balaban J connectivity index is 1.41. The Labute approximate surface area is 177 Å². The molecule has 30 heavy (non-hydrogen) atoms.